The van der Waals surface area contributed by atoms with Crippen molar-refractivity contribution in [3.63, 3.8) is 0 Å². The number of piperidine rings is 1. The van der Waals surface area contributed by atoms with Crippen LogP contribution in [0.15, 0.2) is 0 Å². The average Bonchev–Trinajstić information content (AvgIpc) is 2.20. The molecule has 2 heterocycles. The van der Waals surface area contributed by atoms with Gasteiger partial charge in [-0.15, -0.1) is 0 Å². The Morgan fingerprint density at radius 1 is 1.00 bits per heavy atom. The van der Waals surface area contributed by atoms with Crippen molar-refractivity contribution in [2.75, 3.05) is 39.4 Å². The van der Waals surface area contributed by atoms with Crippen LogP contribution in [0.2, 0.25) is 0 Å². The number of morpholine rings is 1. The molecule has 0 radical (unpaired) electrons. The molecule has 0 atom stereocenters. The van der Waals surface area contributed by atoms with Gasteiger partial charge in [0.05, 0.1) is 13.2 Å². The van der Waals surface area contributed by atoms with Gasteiger partial charge >= 0.3 is 0 Å². The first-order valence-corrected chi connectivity index (χ1v) is 5.36. The quantitative estimate of drug-likeness (QED) is 0.500. The van der Waals surface area contributed by atoms with E-state index < -0.39 is 0 Å². The smallest absolute Gasteiger partial charge is 0.185 e. The van der Waals surface area contributed by atoms with E-state index in [1.165, 1.54) is 25.9 Å². The molecular formula is C9H19BN2O. The molecule has 2 aliphatic heterocycles. The van der Waals surface area contributed by atoms with Crippen molar-refractivity contribution in [3.8, 4) is 0 Å². The number of hydrogen-bond donors (Lipinski definition) is 0. The van der Waals surface area contributed by atoms with Crippen LogP contribution in [0.25, 0.3) is 0 Å². The first-order chi connectivity index (χ1) is 6.36. The molecule has 2 aliphatic rings. The predicted octanol–water partition coefficient (Wildman–Crippen LogP) is -0.669. The van der Waals surface area contributed by atoms with Crippen molar-refractivity contribution in [3.05, 3.63) is 0 Å². The monoisotopic (exact) mass is 182 g/mol. The third kappa shape index (κ3) is 2.45. The third-order valence-electron chi connectivity index (χ3n) is 3.25. The fraction of sp³-hybridized carbons (Fsp3) is 1.00. The average molecular weight is 182 g/mol. The topological polar surface area (TPSA) is 15.7 Å². The minimum atomic E-state index is 0.833. The van der Waals surface area contributed by atoms with Crippen molar-refractivity contribution in [2.24, 2.45) is 0 Å². The minimum absolute atomic E-state index is 0.833. The molecule has 74 valence electrons. The first-order valence-electron chi connectivity index (χ1n) is 5.36. The van der Waals surface area contributed by atoms with Crippen molar-refractivity contribution in [1.29, 1.82) is 0 Å². The van der Waals surface area contributed by atoms with Gasteiger partial charge in [-0.05, 0) is 25.9 Å². The number of nitrogens with zero attached hydrogens (tertiary/aromatic N) is 2. The lowest BCUT2D eigenvalue weighted by Crippen LogP contribution is -2.48. The van der Waals surface area contributed by atoms with Gasteiger partial charge in [-0.1, -0.05) is 0 Å². The zero-order valence-electron chi connectivity index (χ0n) is 8.54. The van der Waals surface area contributed by atoms with E-state index in [9.17, 15) is 0 Å². The Morgan fingerprint density at radius 2 is 1.62 bits per heavy atom. The molecule has 2 fully saturated rings. The largest absolute Gasteiger partial charge is 0.379 e. The molecule has 2 saturated heterocycles. The summed E-state index contributed by atoms with van der Waals surface area (Å²) >= 11 is 0. The van der Waals surface area contributed by atoms with E-state index in [4.69, 9.17) is 4.74 Å². The summed E-state index contributed by atoms with van der Waals surface area (Å²) in [6.07, 6.45) is 2.69. The lowest BCUT2D eigenvalue weighted by molar-refractivity contribution is 0.00616. The van der Waals surface area contributed by atoms with Crippen molar-refractivity contribution in [1.82, 2.24) is 9.71 Å². The molecule has 0 amide bonds. The molecule has 4 heteroatoms. The highest BCUT2D eigenvalue weighted by atomic mass is 16.5. The summed E-state index contributed by atoms with van der Waals surface area (Å²) in [7, 11) is 2.22. The number of ether oxygens (including phenoxy) is 1. The number of hydrogen-bond acceptors (Lipinski definition) is 3. The Bertz CT molecular complexity index is 154. The van der Waals surface area contributed by atoms with E-state index in [1.807, 2.05) is 0 Å². The fourth-order valence-corrected chi connectivity index (χ4v) is 2.30. The molecule has 2 rings (SSSR count). The Kier molecular flexibility index (Phi) is 3.25. The van der Waals surface area contributed by atoms with Gasteiger partial charge in [0.25, 0.3) is 0 Å². The summed E-state index contributed by atoms with van der Waals surface area (Å²) in [5.74, 6) is 0. The van der Waals surface area contributed by atoms with Crippen LogP contribution in [-0.4, -0.2) is 63.1 Å². The Balaban J connectivity index is 1.79. The predicted molar refractivity (Wildman–Crippen MR) is 55.5 cm³/mol. The fourth-order valence-electron chi connectivity index (χ4n) is 2.30. The molecule has 0 unspecified atom stereocenters. The van der Waals surface area contributed by atoms with E-state index in [1.54, 1.807) is 0 Å². The normalized spacial score (nSPS) is 29.2. The van der Waals surface area contributed by atoms with Gasteiger partial charge in [-0.3, -0.25) is 4.90 Å². The Labute approximate surface area is 81.5 Å². The second-order valence-corrected chi connectivity index (χ2v) is 4.18. The Morgan fingerprint density at radius 3 is 2.23 bits per heavy atom. The van der Waals surface area contributed by atoms with E-state index in [0.29, 0.717) is 0 Å². The summed E-state index contributed by atoms with van der Waals surface area (Å²) in [5, 5.41) is 0. The highest BCUT2D eigenvalue weighted by molar-refractivity contribution is 6.04. The lowest BCUT2D eigenvalue weighted by Gasteiger charge is -2.39. The highest BCUT2D eigenvalue weighted by Crippen LogP contribution is 2.16. The lowest BCUT2D eigenvalue weighted by atomic mass is 10.0. The molecule has 0 aliphatic carbocycles. The van der Waals surface area contributed by atoms with Crippen LogP contribution in [0.3, 0.4) is 0 Å². The van der Waals surface area contributed by atoms with Crippen LogP contribution in [0.1, 0.15) is 12.8 Å². The van der Waals surface area contributed by atoms with Crippen LogP contribution >= 0.6 is 0 Å². The summed E-state index contributed by atoms with van der Waals surface area (Å²) in [5.41, 5.74) is 0. The maximum absolute atomic E-state index is 5.36. The molecular weight excluding hydrogens is 163 g/mol. The standard InChI is InChI=1S/C9H19BN2O/c10-12-3-1-9(2-4-12)11-5-7-13-8-6-11/h9H,1-8,10H2. The molecule has 0 N–H and O–H groups in total. The summed E-state index contributed by atoms with van der Waals surface area (Å²) in [6, 6.07) is 0.833. The maximum atomic E-state index is 5.36. The highest BCUT2D eigenvalue weighted by Gasteiger charge is 2.23. The van der Waals surface area contributed by atoms with Crippen molar-refractivity contribution < 1.29 is 4.74 Å². The van der Waals surface area contributed by atoms with Crippen LogP contribution in [0, 0.1) is 0 Å². The van der Waals surface area contributed by atoms with Crippen molar-refractivity contribution >= 4 is 7.98 Å². The van der Waals surface area contributed by atoms with Gasteiger partial charge in [0.2, 0.25) is 0 Å². The second kappa shape index (κ2) is 4.44. The van der Waals surface area contributed by atoms with Crippen LogP contribution in [-0.2, 0) is 4.74 Å². The zero-order valence-corrected chi connectivity index (χ0v) is 8.54. The van der Waals surface area contributed by atoms with Gasteiger partial charge in [0, 0.05) is 19.1 Å². The van der Waals surface area contributed by atoms with Crippen molar-refractivity contribution in [2.45, 2.75) is 18.9 Å². The van der Waals surface area contributed by atoms with Gasteiger partial charge < -0.3 is 9.55 Å². The molecule has 0 spiro atoms. The second-order valence-electron chi connectivity index (χ2n) is 4.18. The van der Waals surface area contributed by atoms with Gasteiger partial charge in [-0.25, -0.2) is 0 Å². The molecule has 13 heavy (non-hydrogen) atoms. The van der Waals surface area contributed by atoms with Gasteiger partial charge in [-0.2, -0.15) is 0 Å². The van der Waals surface area contributed by atoms with E-state index >= 15 is 0 Å². The molecule has 0 aromatic carbocycles. The summed E-state index contributed by atoms with van der Waals surface area (Å²) in [6.45, 7) is 6.70. The molecule has 3 nitrogen and oxygen atoms in total. The molecule has 0 aromatic rings. The minimum Gasteiger partial charge on any atom is -0.379 e. The summed E-state index contributed by atoms with van der Waals surface area (Å²) < 4.78 is 5.36. The molecule has 0 saturated carbocycles. The number of rotatable bonds is 1. The molecule has 0 aromatic heterocycles. The van der Waals surface area contributed by atoms with E-state index in [0.717, 1.165) is 32.3 Å². The Hall–Kier alpha value is -0.0551. The van der Waals surface area contributed by atoms with Crippen LogP contribution < -0.4 is 0 Å². The zero-order chi connectivity index (χ0) is 9.10. The van der Waals surface area contributed by atoms with Crippen LogP contribution in [0.4, 0.5) is 0 Å². The maximum Gasteiger partial charge on any atom is 0.185 e. The van der Waals surface area contributed by atoms with Gasteiger partial charge in [0.15, 0.2) is 7.98 Å². The first kappa shape index (κ1) is 9.50. The van der Waals surface area contributed by atoms with Crippen LogP contribution in [0.5, 0.6) is 0 Å². The van der Waals surface area contributed by atoms with Gasteiger partial charge in [0.1, 0.15) is 0 Å². The van der Waals surface area contributed by atoms with E-state index in [-0.39, 0.29) is 0 Å². The molecule has 0 bridgehead atoms. The SMILES string of the molecule is BN1CCC(N2CCOCC2)CC1. The van der Waals surface area contributed by atoms with E-state index in [2.05, 4.69) is 17.7 Å². The summed E-state index contributed by atoms with van der Waals surface area (Å²) in [4.78, 5) is 5.04. The third-order valence-corrected chi connectivity index (χ3v) is 3.25.